The fraction of sp³-hybridized carbons (Fsp3) is 0.625. The minimum atomic E-state index is 0.378. The molecular formula is C16H25NO. The van der Waals surface area contributed by atoms with Crippen LogP contribution in [0.3, 0.4) is 0 Å². The molecule has 0 bridgehead atoms. The van der Waals surface area contributed by atoms with E-state index in [1.807, 2.05) is 7.05 Å². The summed E-state index contributed by atoms with van der Waals surface area (Å²) in [5, 5.41) is 3.34. The predicted octanol–water partition coefficient (Wildman–Crippen LogP) is 3.64. The van der Waals surface area contributed by atoms with Crippen molar-refractivity contribution in [3.63, 3.8) is 0 Å². The molecule has 100 valence electrons. The second kappa shape index (κ2) is 5.75. The van der Waals surface area contributed by atoms with Crippen molar-refractivity contribution in [1.29, 1.82) is 0 Å². The maximum atomic E-state index is 6.19. The normalized spacial score (nSPS) is 23.6. The topological polar surface area (TPSA) is 21.3 Å². The molecule has 0 heterocycles. The van der Waals surface area contributed by atoms with Crippen molar-refractivity contribution in [1.82, 2.24) is 5.32 Å². The maximum Gasteiger partial charge on any atom is 0.122 e. The zero-order chi connectivity index (χ0) is 13.1. The molecule has 18 heavy (non-hydrogen) atoms. The van der Waals surface area contributed by atoms with Crippen molar-refractivity contribution in [2.75, 3.05) is 7.05 Å². The molecule has 2 unspecified atom stereocenters. The van der Waals surface area contributed by atoms with Crippen LogP contribution in [0.1, 0.15) is 50.2 Å². The molecule has 2 heteroatoms. The van der Waals surface area contributed by atoms with Crippen LogP contribution in [0.25, 0.3) is 0 Å². The first-order chi connectivity index (χ1) is 8.60. The second-order valence-corrected chi connectivity index (χ2v) is 5.72. The summed E-state index contributed by atoms with van der Waals surface area (Å²) >= 11 is 0. The molecule has 1 aromatic carbocycles. The van der Waals surface area contributed by atoms with Crippen molar-refractivity contribution < 1.29 is 4.74 Å². The fourth-order valence-corrected chi connectivity index (χ4v) is 2.59. The largest absolute Gasteiger partial charge is 0.490 e. The highest BCUT2D eigenvalue weighted by molar-refractivity contribution is 5.38. The SMILES string of the molecule is CNC1CCC(Oc2cc(C(C)C)ccc2C)C1. The average molecular weight is 247 g/mol. The smallest absolute Gasteiger partial charge is 0.122 e. The molecule has 1 aliphatic carbocycles. The van der Waals surface area contributed by atoms with E-state index < -0.39 is 0 Å². The van der Waals surface area contributed by atoms with E-state index in [4.69, 9.17) is 4.74 Å². The Morgan fingerprint density at radius 2 is 2.06 bits per heavy atom. The molecule has 0 aliphatic heterocycles. The van der Waals surface area contributed by atoms with Gasteiger partial charge in [0.25, 0.3) is 0 Å². The van der Waals surface area contributed by atoms with E-state index in [2.05, 4.69) is 44.3 Å². The third-order valence-electron chi connectivity index (χ3n) is 3.97. The van der Waals surface area contributed by atoms with Crippen molar-refractivity contribution in [3.8, 4) is 5.75 Å². The number of ether oxygens (including phenoxy) is 1. The summed E-state index contributed by atoms with van der Waals surface area (Å²) < 4.78 is 6.19. The summed E-state index contributed by atoms with van der Waals surface area (Å²) in [5.41, 5.74) is 2.60. The monoisotopic (exact) mass is 247 g/mol. The highest BCUT2D eigenvalue weighted by Crippen LogP contribution is 2.29. The number of benzene rings is 1. The van der Waals surface area contributed by atoms with Crippen LogP contribution in [0.5, 0.6) is 5.75 Å². The van der Waals surface area contributed by atoms with E-state index in [1.54, 1.807) is 0 Å². The van der Waals surface area contributed by atoms with Gasteiger partial charge in [0.05, 0.1) is 0 Å². The Kier molecular flexibility index (Phi) is 4.28. The third kappa shape index (κ3) is 3.05. The molecule has 0 spiro atoms. The van der Waals surface area contributed by atoms with E-state index in [0.717, 1.165) is 18.6 Å². The molecule has 1 fully saturated rings. The third-order valence-corrected chi connectivity index (χ3v) is 3.97. The van der Waals surface area contributed by atoms with Gasteiger partial charge in [0.2, 0.25) is 0 Å². The molecule has 1 aliphatic rings. The van der Waals surface area contributed by atoms with Crippen LogP contribution < -0.4 is 10.1 Å². The Morgan fingerprint density at radius 3 is 2.67 bits per heavy atom. The Labute approximate surface area is 111 Å². The van der Waals surface area contributed by atoms with Gasteiger partial charge in [0, 0.05) is 6.04 Å². The van der Waals surface area contributed by atoms with Crippen molar-refractivity contribution in [2.45, 2.75) is 58.1 Å². The highest BCUT2D eigenvalue weighted by atomic mass is 16.5. The minimum Gasteiger partial charge on any atom is -0.490 e. The summed E-state index contributed by atoms with van der Waals surface area (Å²) in [7, 11) is 2.04. The predicted molar refractivity (Wildman–Crippen MR) is 76.4 cm³/mol. The Morgan fingerprint density at radius 1 is 1.28 bits per heavy atom. The van der Waals surface area contributed by atoms with Crippen molar-refractivity contribution in [2.24, 2.45) is 0 Å². The van der Waals surface area contributed by atoms with Gasteiger partial charge in [-0.1, -0.05) is 26.0 Å². The van der Waals surface area contributed by atoms with Gasteiger partial charge in [0.1, 0.15) is 11.9 Å². The van der Waals surface area contributed by atoms with Crippen molar-refractivity contribution in [3.05, 3.63) is 29.3 Å². The standard InChI is InChI=1S/C16H25NO/c1-11(2)13-6-5-12(3)16(9-13)18-15-8-7-14(10-15)17-4/h5-6,9,11,14-15,17H,7-8,10H2,1-4H3. The molecule has 0 saturated heterocycles. The average Bonchev–Trinajstić information content (AvgIpc) is 2.79. The van der Waals surface area contributed by atoms with E-state index in [-0.39, 0.29) is 0 Å². The molecular weight excluding hydrogens is 222 g/mol. The number of hydrogen-bond donors (Lipinski definition) is 1. The summed E-state index contributed by atoms with van der Waals surface area (Å²) in [5.74, 6) is 1.63. The first-order valence-corrected chi connectivity index (χ1v) is 7.04. The van der Waals surface area contributed by atoms with Crippen LogP contribution in [0, 0.1) is 6.92 Å². The summed E-state index contributed by atoms with van der Waals surface area (Å²) in [6.07, 6.45) is 3.89. The van der Waals surface area contributed by atoms with Gasteiger partial charge in [-0.2, -0.15) is 0 Å². The Balaban J connectivity index is 2.06. The summed E-state index contributed by atoms with van der Waals surface area (Å²) in [6.45, 7) is 6.58. The lowest BCUT2D eigenvalue weighted by atomic mass is 10.0. The molecule has 0 aromatic heterocycles. The summed E-state index contributed by atoms with van der Waals surface area (Å²) in [4.78, 5) is 0. The minimum absolute atomic E-state index is 0.378. The molecule has 1 N–H and O–H groups in total. The van der Waals surface area contributed by atoms with Crippen LogP contribution in [0.2, 0.25) is 0 Å². The Bertz CT molecular complexity index is 400. The number of aryl methyl sites for hydroxylation is 1. The quantitative estimate of drug-likeness (QED) is 0.877. The van der Waals surface area contributed by atoms with Crippen LogP contribution in [0.15, 0.2) is 18.2 Å². The van der Waals surface area contributed by atoms with E-state index >= 15 is 0 Å². The number of nitrogens with one attached hydrogen (secondary N) is 1. The lowest BCUT2D eigenvalue weighted by Crippen LogP contribution is -2.23. The van der Waals surface area contributed by atoms with Gasteiger partial charge < -0.3 is 10.1 Å². The molecule has 1 saturated carbocycles. The van der Waals surface area contributed by atoms with Gasteiger partial charge in [-0.3, -0.25) is 0 Å². The number of rotatable bonds is 4. The lowest BCUT2D eigenvalue weighted by Gasteiger charge is -2.17. The van der Waals surface area contributed by atoms with E-state index in [0.29, 0.717) is 18.1 Å². The lowest BCUT2D eigenvalue weighted by molar-refractivity contribution is 0.205. The van der Waals surface area contributed by atoms with Gasteiger partial charge in [0.15, 0.2) is 0 Å². The van der Waals surface area contributed by atoms with Crippen molar-refractivity contribution >= 4 is 0 Å². The zero-order valence-electron chi connectivity index (χ0n) is 12.0. The first kappa shape index (κ1) is 13.4. The molecule has 0 radical (unpaired) electrons. The van der Waals surface area contributed by atoms with Gasteiger partial charge >= 0.3 is 0 Å². The first-order valence-electron chi connectivity index (χ1n) is 7.04. The molecule has 1 aromatic rings. The van der Waals surface area contributed by atoms with Crippen LogP contribution in [-0.4, -0.2) is 19.2 Å². The van der Waals surface area contributed by atoms with Crippen LogP contribution >= 0.6 is 0 Å². The van der Waals surface area contributed by atoms with Gasteiger partial charge in [-0.25, -0.2) is 0 Å². The zero-order valence-corrected chi connectivity index (χ0v) is 12.0. The number of hydrogen-bond acceptors (Lipinski definition) is 2. The van der Waals surface area contributed by atoms with Crippen LogP contribution in [-0.2, 0) is 0 Å². The highest BCUT2D eigenvalue weighted by Gasteiger charge is 2.25. The van der Waals surface area contributed by atoms with Crippen LogP contribution in [0.4, 0.5) is 0 Å². The fourth-order valence-electron chi connectivity index (χ4n) is 2.59. The molecule has 2 nitrogen and oxygen atoms in total. The molecule has 2 atom stereocenters. The Hall–Kier alpha value is -1.02. The summed E-state index contributed by atoms with van der Waals surface area (Å²) in [6, 6.07) is 7.23. The van der Waals surface area contributed by atoms with Gasteiger partial charge in [-0.15, -0.1) is 0 Å². The molecule has 0 amide bonds. The van der Waals surface area contributed by atoms with E-state index in [9.17, 15) is 0 Å². The molecule has 2 rings (SSSR count). The van der Waals surface area contributed by atoms with E-state index in [1.165, 1.54) is 17.5 Å². The maximum absolute atomic E-state index is 6.19. The second-order valence-electron chi connectivity index (χ2n) is 5.72. The van der Waals surface area contributed by atoms with Gasteiger partial charge in [-0.05, 0) is 56.3 Å².